The molecule has 0 aliphatic carbocycles. The fourth-order valence-electron chi connectivity index (χ4n) is 5.34. The predicted octanol–water partition coefficient (Wildman–Crippen LogP) is 11.6. The number of phenols is 2. The molecule has 3 aromatic carbocycles. The van der Waals surface area contributed by atoms with Gasteiger partial charge in [0.25, 0.3) is 0 Å². The maximum atomic E-state index is 11.2. The van der Waals surface area contributed by atoms with Crippen molar-refractivity contribution in [2.24, 2.45) is 3.50 Å². The number of hydrogen-bond donors (Lipinski definition) is 2. The topological polar surface area (TPSA) is 52.8 Å². The molecule has 0 bridgehead atoms. The normalized spacial score (nSPS) is 11.8. The number of nitrogens with zero attached hydrogens (tertiary/aromatic N) is 1. The van der Waals surface area contributed by atoms with E-state index in [9.17, 15) is 10.2 Å². The molecular formula is C39H57MoNO2. The van der Waals surface area contributed by atoms with Crippen molar-refractivity contribution in [3.05, 3.63) is 74.8 Å². The minimum Gasteiger partial charge on any atom is -0.507 e. The van der Waals surface area contributed by atoms with Gasteiger partial charge in [0.15, 0.2) is 0 Å². The number of phenolic OH excluding ortho intramolecular Hbond substituents is 2. The number of aryl methyl sites for hydroxylation is 2. The van der Waals surface area contributed by atoms with Gasteiger partial charge in [-0.2, -0.15) is 0 Å². The third kappa shape index (κ3) is 8.63. The quantitative estimate of drug-likeness (QED) is 0.266. The summed E-state index contributed by atoms with van der Waals surface area (Å²) in [5.41, 5.74) is 11.4. The van der Waals surface area contributed by atoms with E-state index in [4.69, 9.17) is 3.50 Å². The molecule has 236 valence electrons. The summed E-state index contributed by atoms with van der Waals surface area (Å²) < 4.78 is 7.27. The average molecular weight is 668 g/mol. The van der Waals surface area contributed by atoms with Crippen molar-refractivity contribution in [1.82, 2.24) is 0 Å². The first-order chi connectivity index (χ1) is 19.7. The van der Waals surface area contributed by atoms with E-state index in [1.165, 1.54) is 16.8 Å². The molecule has 0 spiro atoms. The van der Waals surface area contributed by atoms with Gasteiger partial charge in [0, 0.05) is 22.3 Å². The monoisotopic (exact) mass is 669 g/mol. The molecule has 0 aliphatic heterocycles. The fourth-order valence-corrected chi connectivity index (χ4v) is 6.67. The van der Waals surface area contributed by atoms with E-state index in [-0.39, 0.29) is 40.2 Å². The van der Waals surface area contributed by atoms with Crippen molar-refractivity contribution < 1.29 is 28.1 Å². The Morgan fingerprint density at radius 2 is 1.09 bits per heavy atom. The first-order valence-electron chi connectivity index (χ1n) is 15.7. The number of hydrogen-bond acceptors (Lipinski definition) is 3. The third-order valence-electron chi connectivity index (χ3n) is 8.23. The van der Waals surface area contributed by atoms with Gasteiger partial charge in [0.05, 0.1) is 0 Å². The number of rotatable bonds is 5. The molecular weight excluding hydrogens is 610 g/mol. The maximum absolute atomic E-state index is 11.2. The van der Waals surface area contributed by atoms with Gasteiger partial charge in [-0.05, 0) is 60.8 Å². The van der Waals surface area contributed by atoms with Crippen molar-refractivity contribution in [2.45, 2.75) is 133 Å². The van der Waals surface area contributed by atoms with Gasteiger partial charge in [-0.15, -0.1) is 0 Å². The van der Waals surface area contributed by atoms with Crippen molar-refractivity contribution in [3.63, 3.8) is 0 Å². The van der Waals surface area contributed by atoms with Crippen LogP contribution in [0.1, 0.15) is 139 Å². The standard InChI is InChI=1S/C24H34O2.C12H17N.C3H6.Mo/c1-13-11-17(23(5,6)7)21(25)19(15(13)3)20-16(4)14(2)12-18(22(20)26)24(8,9)10;1-8(2)10-6-5-7-11(9(3)4)12(10)13;1-3-2;/h11-12,25-26H,1-10H3;5-9H,1-4H3;1H,3H2,2H3;. The van der Waals surface area contributed by atoms with Crippen LogP contribution < -0.4 is 0 Å². The molecule has 0 radical (unpaired) electrons. The van der Waals surface area contributed by atoms with Crippen LogP contribution in [0, 0.1) is 27.7 Å². The second kappa shape index (κ2) is 14.6. The molecule has 0 saturated heterocycles. The predicted molar refractivity (Wildman–Crippen MR) is 185 cm³/mol. The molecule has 0 heterocycles. The molecule has 2 N–H and O–H groups in total. The minimum absolute atomic E-state index is 0.183. The van der Waals surface area contributed by atoms with Gasteiger partial charge in [-0.25, -0.2) is 0 Å². The van der Waals surface area contributed by atoms with E-state index in [1.807, 2.05) is 13.8 Å². The van der Waals surface area contributed by atoms with E-state index in [2.05, 4.69) is 125 Å². The van der Waals surface area contributed by atoms with E-state index in [0.717, 1.165) is 50.9 Å². The smallest absolute Gasteiger partial charge is 0.127 e. The first-order valence-corrected chi connectivity index (χ1v) is 17.8. The molecule has 0 fully saturated rings. The SMILES string of the molecule is CC[CH]=[Mo]=[N]c1c(C(C)C)cccc1C(C)C.Cc1cc(C(C)(C)C)c(O)c(-c2c(C)c(C)cc(C(C)(C)C)c2O)c1C. The molecule has 0 saturated carbocycles. The van der Waals surface area contributed by atoms with Crippen molar-refractivity contribution >= 4 is 10.1 Å². The zero-order valence-corrected chi connectivity index (χ0v) is 31.6. The molecule has 3 aromatic rings. The van der Waals surface area contributed by atoms with E-state index in [0.29, 0.717) is 11.8 Å². The van der Waals surface area contributed by atoms with Crippen LogP contribution in [-0.4, -0.2) is 14.6 Å². The Balaban J connectivity index is 0.000000329. The second-order valence-corrected chi connectivity index (χ2v) is 16.3. The number of benzene rings is 3. The molecule has 0 amide bonds. The van der Waals surface area contributed by atoms with Crippen LogP contribution in [0.5, 0.6) is 11.5 Å². The molecule has 0 unspecified atom stereocenters. The Hall–Kier alpha value is -2.38. The van der Waals surface area contributed by atoms with Gasteiger partial charge in [0.2, 0.25) is 0 Å². The summed E-state index contributed by atoms with van der Waals surface area (Å²) >= 11 is -0.315. The Bertz CT molecular complexity index is 1410. The van der Waals surface area contributed by atoms with Crippen LogP contribution in [0.4, 0.5) is 5.69 Å². The molecule has 0 aliphatic rings. The van der Waals surface area contributed by atoms with Crippen molar-refractivity contribution in [2.75, 3.05) is 0 Å². The summed E-state index contributed by atoms with van der Waals surface area (Å²) in [5, 5.41) is 22.4. The van der Waals surface area contributed by atoms with E-state index >= 15 is 0 Å². The van der Waals surface area contributed by atoms with Crippen LogP contribution in [0.2, 0.25) is 0 Å². The van der Waals surface area contributed by atoms with Crippen LogP contribution in [0.3, 0.4) is 0 Å². The van der Waals surface area contributed by atoms with E-state index in [1.54, 1.807) is 0 Å². The number of aromatic hydroxyl groups is 2. The van der Waals surface area contributed by atoms with Crippen LogP contribution in [0.15, 0.2) is 33.8 Å². The largest absolute Gasteiger partial charge is 0.507 e. The molecule has 0 aromatic heterocycles. The Kier molecular flexibility index (Phi) is 12.5. The van der Waals surface area contributed by atoms with Crippen molar-refractivity contribution in [1.29, 1.82) is 0 Å². The molecule has 43 heavy (non-hydrogen) atoms. The second-order valence-electron chi connectivity index (χ2n) is 14.5. The fraction of sp³-hybridized carbons (Fsp3) is 0.513. The Morgan fingerprint density at radius 3 is 1.40 bits per heavy atom. The average Bonchev–Trinajstić information content (AvgIpc) is 2.89. The van der Waals surface area contributed by atoms with Crippen LogP contribution in [-0.2, 0) is 28.7 Å². The Morgan fingerprint density at radius 1 is 0.721 bits per heavy atom. The summed E-state index contributed by atoms with van der Waals surface area (Å²) in [4.78, 5) is 0. The van der Waals surface area contributed by atoms with Crippen LogP contribution in [0.25, 0.3) is 11.1 Å². The zero-order valence-electron chi connectivity index (χ0n) is 29.6. The summed E-state index contributed by atoms with van der Waals surface area (Å²) in [7, 11) is 0. The molecule has 4 heteroatoms. The summed E-state index contributed by atoms with van der Waals surface area (Å²) in [5.74, 6) is 1.68. The van der Waals surface area contributed by atoms with Crippen molar-refractivity contribution in [3.8, 4) is 22.6 Å². The Labute approximate surface area is 271 Å². The summed E-state index contributed by atoms with van der Waals surface area (Å²) in [6, 6.07) is 10.8. The first kappa shape index (κ1) is 36.8. The van der Waals surface area contributed by atoms with Gasteiger partial charge in [-0.1, -0.05) is 53.7 Å². The van der Waals surface area contributed by atoms with Crippen LogP contribution >= 0.6 is 0 Å². The zero-order chi connectivity index (χ0) is 33.0. The maximum Gasteiger partial charge on any atom is 0.127 e. The minimum atomic E-state index is -0.315. The van der Waals surface area contributed by atoms with Gasteiger partial charge < -0.3 is 10.2 Å². The third-order valence-corrected chi connectivity index (χ3v) is 10.1. The molecule has 3 rings (SSSR count). The van der Waals surface area contributed by atoms with Gasteiger partial charge in [0.1, 0.15) is 11.5 Å². The van der Waals surface area contributed by atoms with Gasteiger partial charge in [-0.3, -0.25) is 0 Å². The van der Waals surface area contributed by atoms with E-state index < -0.39 is 0 Å². The molecule has 0 atom stereocenters. The van der Waals surface area contributed by atoms with Gasteiger partial charge >= 0.3 is 114 Å². The summed E-state index contributed by atoms with van der Waals surface area (Å²) in [6.07, 6.45) is 1.15. The molecule has 3 nitrogen and oxygen atoms in total. The summed E-state index contributed by atoms with van der Waals surface area (Å²) in [6.45, 7) is 32.0.